The summed E-state index contributed by atoms with van der Waals surface area (Å²) in [6, 6.07) is 0. The minimum absolute atomic E-state index is 0.164. The maximum absolute atomic E-state index is 8.24. The number of hydrazine groups is 1. The lowest BCUT2D eigenvalue weighted by Gasteiger charge is -2.25. The van der Waals surface area contributed by atoms with E-state index in [2.05, 4.69) is 76.5 Å². The number of nitrogens with zero attached hydrogens (tertiary/aromatic N) is 2. The normalized spacial score (nSPS) is 16.2. The fourth-order valence-corrected chi connectivity index (χ4v) is 3.52. The Balaban J connectivity index is 5.11. The lowest BCUT2D eigenvalue weighted by Crippen LogP contribution is -2.30. The van der Waals surface area contributed by atoms with Gasteiger partial charge in [0.25, 0.3) is 0 Å². The van der Waals surface area contributed by atoms with Gasteiger partial charge in [0.1, 0.15) is 11.7 Å². The number of nitrogens with two attached hydrogens (primary N) is 1. The highest BCUT2D eigenvalue weighted by Gasteiger charge is 2.17. The maximum Gasteiger partial charge on any atom is 0.150 e. The molecule has 0 aromatic carbocycles. The van der Waals surface area contributed by atoms with Crippen molar-refractivity contribution in [2.75, 3.05) is 7.05 Å². The highest BCUT2D eigenvalue weighted by atomic mass is 32.2. The standard InChI is InChI=1S/C23H42N6S/c1-11-20(13-12-16(2)23(6,7)8)29(25)22(27-10)15-21(24)28-17(3)14-18(4)30-19(5)26-9/h11-13,15-16,18-19,26H,3,10,14,25H2,1-2,4-9H3,(H2,24,28)/b13-12-,20-11+,22-15+. The number of hydrogen-bond acceptors (Lipinski definition) is 6. The van der Waals surface area contributed by atoms with E-state index in [-0.39, 0.29) is 11.3 Å². The topological polar surface area (TPSA) is 89.5 Å². The lowest BCUT2D eigenvalue weighted by molar-refractivity contribution is 0.314. The molecule has 0 aromatic heterocycles. The van der Waals surface area contributed by atoms with E-state index in [9.17, 15) is 0 Å². The minimum atomic E-state index is 0.164. The second kappa shape index (κ2) is 13.5. The number of amidine groups is 1. The summed E-state index contributed by atoms with van der Waals surface area (Å²) in [5.74, 6) is 7.18. The van der Waals surface area contributed by atoms with Gasteiger partial charge in [-0.05, 0) is 51.4 Å². The molecule has 0 saturated carbocycles. The third-order valence-corrected chi connectivity index (χ3v) is 6.14. The monoisotopic (exact) mass is 434 g/mol. The van der Waals surface area contributed by atoms with E-state index in [0.29, 0.717) is 22.4 Å². The van der Waals surface area contributed by atoms with Gasteiger partial charge in [0.05, 0.1) is 11.1 Å². The van der Waals surface area contributed by atoms with Crippen LogP contribution in [0.3, 0.4) is 0 Å². The molecule has 0 radical (unpaired) electrons. The molecule has 0 aliphatic heterocycles. The minimum Gasteiger partial charge on any atom is -0.345 e. The third kappa shape index (κ3) is 10.8. The summed E-state index contributed by atoms with van der Waals surface area (Å²) in [7, 11) is 1.94. The smallest absolute Gasteiger partial charge is 0.150 e. The largest absolute Gasteiger partial charge is 0.345 e. The predicted molar refractivity (Wildman–Crippen MR) is 135 cm³/mol. The molecule has 0 spiro atoms. The summed E-state index contributed by atoms with van der Waals surface area (Å²) in [5, 5.41) is 16.6. The van der Waals surface area contributed by atoms with Crippen LogP contribution >= 0.6 is 11.8 Å². The quantitative estimate of drug-likeness (QED) is 0.0866. The molecule has 0 saturated heterocycles. The van der Waals surface area contributed by atoms with Crippen LogP contribution in [0.15, 0.2) is 53.1 Å². The van der Waals surface area contributed by atoms with Crippen molar-refractivity contribution >= 4 is 24.3 Å². The zero-order chi connectivity index (χ0) is 23.5. The summed E-state index contributed by atoms with van der Waals surface area (Å²) < 4.78 is 0. The summed E-state index contributed by atoms with van der Waals surface area (Å²) in [4.78, 5) is 4.01. The van der Waals surface area contributed by atoms with Crippen molar-refractivity contribution in [2.24, 2.45) is 22.2 Å². The van der Waals surface area contributed by atoms with Crippen LogP contribution in [0.5, 0.6) is 0 Å². The molecule has 30 heavy (non-hydrogen) atoms. The van der Waals surface area contributed by atoms with Gasteiger partial charge in [-0.2, -0.15) is 0 Å². The van der Waals surface area contributed by atoms with Crippen LogP contribution in [0.4, 0.5) is 0 Å². The molecule has 0 aliphatic rings. The van der Waals surface area contributed by atoms with Crippen LogP contribution in [0.25, 0.3) is 0 Å². The summed E-state index contributed by atoms with van der Waals surface area (Å²) in [5.41, 5.74) is 1.72. The van der Waals surface area contributed by atoms with Gasteiger partial charge in [0.15, 0.2) is 0 Å². The molecule has 0 fully saturated rings. The molecule has 0 aromatic rings. The number of thioether (sulfide) groups is 1. The Hall–Kier alpha value is -1.83. The van der Waals surface area contributed by atoms with Crippen molar-refractivity contribution in [3.8, 4) is 0 Å². The molecule has 7 heteroatoms. The first-order chi connectivity index (χ1) is 13.8. The Kier molecular flexibility index (Phi) is 12.6. The zero-order valence-corrected chi connectivity index (χ0v) is 20.9. The summed E-state index contributed by atoms with van der Waals surface area (Å²) in [6.07, 6.45) is 8.32. The van der Waals surface area contributed by atoms with Gasteiger partial charge in [-0.25, -0.2) is 10.8 Å². The predicted octanol–water partition coefficient (Wildman–Crippen LogP) is 5.00. The first-order valence-electron chi connectivity index (χ1n) is 10.3. The van der Waals surface area contributed by atoms with Gasteiger partial charge in [-0.3, -0.25) is 10.4 Å². The Labute approximate surface area is 188 Å². The van der Waals surface area contributed by atoms with E-state index in [0.717, 1.165) is 17.8 Å². The average molecular weight is 435 g/mol. The van der Waals surface area contributed by atoms with E-state index >= 15 is 0 Å². The van der Waals surface area contributed by atoms with E-state index in [4.69, 9.17) is 11.3 Å². The molecule has 0 rings (SSSR count). The van der Waals surface area contributed by atoms with Gasteiger partial charge < -0.3 is 10.6 Å². The highest BCUT2D eigenvalue weighted by molar-refractivity contribution is 8.00. The van der Waals surface area contributed by atoms with Crippen LogP contribution in [-0.4, -0.2) is 35.2 Å². The molecule has 3 unspecified atom stereocenters. The van der Waals surface area contributed by atoms with E-state index in [1.807, 2.05) is 37.9 Å². The summed E-state index contributed by atoms with van der Waals surface area (Å²) >= 11 is 1.82. The van der Waals surface area contributed by atoms with Crippen molar-refractivity contribution in [1.29, 1.82) is 5.41 Å². The van der Waals surface area contributed by atoms with Crippen molar-refractivity contribution in [1.82, 2.24) is 15.6 Å². The average Bonchev–Trinajstić information content (AvgIpc) is 2.64. The van der Waals surface area contributed by atoms with Gasteiger partial charge in [-0.15, -0.1) is 11.8 Å². The molecule has 0 amide bonds. The number of nitrogens with one attached hydrogen (secondary N) is 3. The van der Waals surface area contributed by atoms with E-state index in [1.165, 1.54) is 5.01 Å². The number of aliphatic imine (C=N–C) groups is 1. The first-order valence-corrected chi connectivity index (χ1v) is 11.2. The van der Waals surface area contributed by atoms with Gasteiger partial charge in [0, 0.05) is 17.0 Å². The summed E-state index contributed by atoms with van der Waals surface area (Å²) in [6.45, 7) is 22.6. The fraction of sp³-hybridized carbons (Fsp3) is 0.565. The van der Waals surface area contributed by atoms with Crippen molar-refractivity contribution in [2.45, 2.75) is 65.5 Å². The molecule has 170 valence electrons. The maximum atomic E-state index is 8.24. The fourth-order valence-electron chi connectivity index (χ4n) is 2.39. The molecule has 5 N–H and O–H groups in total. The highest BCUT2D eigenvalue weighted by Crippen LogP contribution is 2.27. The van der Waals surface area contributed by atoms with Crippen LogP contribution in [0.2, 0.25) is 0 Å². The van der Waals surface area contributed by atoms with Crippen molar-refractivity contribution in [3.63, 3.8) is 0 Å². The van der Waals surface area contributed by atoms with Crippen LogP contribution in [-0.2, 0) is 0 Å². The van der Waals surface area contributed by atoms with E-state index in [1.54, 1.807) is 6.08 Å². The number of hydrogen-bond donors (Lipinski definition) is 4. The molecule has 3 atom stereocenters. The van der Waals surface area contributed by atoms with Crippen LogP contribution < -0.4 is 16.5 Å². The first kappa shape index (κ1) is 28.2. The Bertz CT molecular complexity index is 672. The number of allylic oxidation sites excluding steroid dienone is 4. The third-order valence-electron chi connectivity index (χ3n) is 4.87. The molecule has 6 nitrogen and oxygen atoms in total. The Morgan fingerprint density at radius 3 is 2.37 bits per heavy atom. The van der Waals surface area contributed by atoms with Gasteiger partial charge >= 0.3 is 0 Å². The molecular weight excluding hydrogens is 392 g/mol. The van der Waals surface area contributed by atoms with Crippen molar-refractivity contribution in [3.05, 3.63) is 48.1 Å². The van der Waals surface area contributed by atoms with Crippen LogP contribution in [0.1, 0.15) is 54.9 Å². The second-order valence-corrected chi connectivity index (χ2v) is 10.3. The Morgan fingerprint density at radius 1 is 1.30 bits per heavy atom. The van der Waals surface area contributed by atoms with Gasteiger partial charge in [0.2, 0.25) is 0 Å². The molecule has 0 aliphatic carbocycles. The zero-order valence-electron chi connectivity index (χ0n) is 20.0. The second-order valence-electron chi connectivity index (χ2n) is 8.48. The number of rotatable bonds is 12. The van der Waals surface area contributed by atoms with E-state index < -0.39 is 0 Å². The van der Waals surface area contributed by atoms with Crippen LogP contribution in [0, 0.1) is 16.7 Å². The lowest BCUT2D eigenvalue weighted by atomic mass is 9.82. The molecule has 0 bridgehead atoms. The molecular formula is C23H42N6S. The van der Waals surface area contributed by atoms with Crippen molar-refractivity contribution < 1.29 is 0 Å². The van der Waals surface area contributed by atoms with Gasteiger partial charge in [-0.1, -0.05) is 53.3 Å². The molecule has 0 heterocycles. The Morgan fingerprint density at radius 2 is 1.90 bits per heavy atom. The SMILES string of the molecule is C=N/C(=C\C(=N)NC(=C)CC(C)SC(C)NC)N(N)C(/C=C\C(C)C(C)(C)C)=C/C.